The van der Waals surface area contributed by atoms with Crippen molar-refractivity contribution in [2.24, 2.45) is 0 Å². The second kappa shape index (κ2) is 9.27. The van der Waals surface area contributed by atoms with Crippen molar-refractivity contribution in [2.45, 2.75) is 38.7 Å². The van der Waals surface area contributed by atoms with Crippen molar-refractivity contribution < 1.29 is 24.2 Å². The highest BCUT2D eigenvalue weighted by atomic mass is 16.5. The maximum atomic E-state index is 12.2. The van der Waals surface area contributed by atoms with Gasteiger partial charge in [-0.15, -0.1) is 0 Å². The zero-order valence-electron chi connectivity index (χ0n) is 14.1. The third-order valence-corrected chi connectivity index (χ3v) is 3.94. The number of aliphatic carboxylic acids is 1. The molecule has 24 heavy (non-hydrogen) atoms. The van der Waals surface area contributed by atoms with E-state index in [1.54, 1.807) is 4.90 Å². The molecule has 1 aromatic carbocycles. The molecule has 0 unspecified atom stereocenters. The van der Waals surface area contributed by atoms with Crippen molar-refractivity contribution in [3.63, 3.8) is 0 Å². The summed E-state index contributed by atoms with van der Waals surface area (Å²) in [5.41, 5.74) is 1.16. The number of carbonyl (C=O) groups excluding carboxylic acids is 1. The lowest BCUT2D eigenvalue weighted by molar-refractivity contribution is -0.147. The lowest BCUT2D eigenvalue weighted by Gasteiger charge is -2.32. The zero-order chi connectivity index (χ0) is 17.4. The molecule has 0 radical (unpaired) electrons. The van der Waals surface area contributed by atoms with Crippen LogP contribution in [0.5, 0.6) is 5.75 Å². The normalized spacial score (nSPS) is 17.5. The largest absolute Gasteiger partial charge is 0.494 e. The SMILES string of the molecule is Cc1cccc(OCCCCC(=O)N2CCO[C@@H](CC(=O)O)C2)c1. The Hall–Kier alpha value is -2.08. The van der Waals surface area contributed by atoms with E-state index in [0.717, 1.165) is 24.2 Å². The molecule has 6 nitrogen and oxygen atoms in total. The number of hydrogen-bond donors (Lipinski definition) is 1. The second-order valence-corrected chi connectivity index (χ2v) is 6.05. The number of carboxylic acids is 1. The number of carboxylic acid groups (broad SMARTS) is 1. The Morgan fingerprint density at radius 3 is 2.96 bits per heavy atom. The summed E-state index contributed by atoms with van der Waals surface area (Å²) in [5, 5.41) is 8.80. The van der Waals surface area contributed by atoms with E-state index in [0.29, 0.717) is 32.7 Å². The van der Waals surface area contributed by atoms with Gasteiger partial charge < -0.3 is 19.5 Å². The number of rotatable bonds is 8. The van der Waals surface area contributed by atoms with E-state index in [-0.39, 0.29) is 12.3 Å². The van der Waals surface area contributed by atoms with E-state index in [9.17, 15) is 9.59 Å². The smallest absolute Gasteiger partial charge is 0.306 e. The van der Waals surface area contributed by atoms with Crippen molar-refractivity contribution in [1.29, 1.82) is 0 Å². The molecule has 0 aliphatic carbocycles. The molecule has 1 aliphatic rings. The molecule has 1 amide bonds. The van der Waals surface area contributed by atoms with Crippen molar-refractivity contribution in [3.8, 4) is 5.75 Å². The number of amides is 1. The molecule has 2 rings (SSSR count). The lowest BCUT2D eigenvalue weighted by Crippen LogP contribution is -2.46. The summed E-state index contributed by atoms with van der Waals surface area (Å²) >= 11 is 0. The van der Waals surface area contributed by atoms with Gasteiger partial charge in [-0.05, 0) is 37.5 Å². The predicted octanol–water partition coefficient (Wildman–Crippen LogP) is 2.25. The first-order chi connectivity index (χ1) is 11.5. The van der Waals surface area contributed by atoms with Crippen LogP contribution in [-0.2, 0) is 14.3 Å². The van der Waals surface area contributed by atoms with E-state index in [1.165, 1.54) is 0 Å². The van der Waals surface area contributed by atoms with E-state index in [2.05, 4.69) is 0 Å². The summed E-state index contributed by atoms with van der Waals surface area (Å²) in [6.07, 6.45) is 1.56. The quantitative estimate of drug-likeness (QED) is 0.737. The molecular formula is C18H25NO5. The summed E-state index contributed by atoms with van der Waals surface area (Å²) < 4.78 is 11.0. The van der Waals surface area contributed by atoms with E-state index >= 15 is 0 Å². The molecule has 132 valence electrons. The standard InChI is InChI=1S/C18H25NO5/c1-14-5-4-6-15(11-14)23-9-3-2-7-17(20)19-8-10-24-16(13-19)12-18(21)22/h4-6,11,16H,2-3,7-10,12-13H2,1H3,(H,21,22)/t16-/m0/s1. The summed E-state index contributed by atoms with van der Waals surface area (Å²) in [6.45, 7) is 3.91. The average Bonchev–Trinajstić information content (AvgIpc) is 2.54. The minimum Gasteiger partial charge on any atom is -0.494 e. The van der Waals surface area contributed by atoms with Crippen LogP contribution < -0.4 is 4.74 Å². The molecule has 1 fully saturated rings. The van der Waals surface area contributed by atoms with Crippen LogP contribution in [0.3, 0.4) is 0 Å². The maximum Gasteiger partial charge on any atom is 0.306 e. The predicted molar refractivity (Wildman–Crippen MR) is 89.1 cm³/mol. The van der Waals surface area contributed by atoms with Crippen LogP contribution in [0.1, 0.15) is 31.2 Å². The lowest BCUT2D eigenvalue weighted by atomic mass is 10.1. The number of ether oxygens (including phenoxy) is 2. The van der Waals surface area contributed by atoms with Crippen molar-refractivity contribution in [3.05, 3.63) is 29.8 Å². The molecule has 1 aromatic rings. The van der Waals surface area contributed by atoms with Gasteiger partial charge in [-0.2, -0.15) is 0 Å². The molecule has 1 aliphatic heterocycles. The Bertz CT molecular complexity index is 560. The number of unbranched alkanes of at least 4 members (excludes halogenated alkanes) is 1. The number of nitrogens with zero attached hydrogens (tertiary/aromatic N) is 1. The Labute approximate surface area is 142 Å². The highest BCUT2D eigenvalue weighted by Gasteiger charge is 2.25. The van der Waals surface area contributed by atoms with Crippen LogP contribution in [0.25, 0.3) is 0 Å². The molecular weight excluding hydrogens is 310 g/mol. The monoisotopic (exact) mass is 335 g/mol. The van der Waals surface area contributed by atoms with Crippen LogP contribution in [0, 0.1) is 6.92 Å². The molecule has 0 aromatic heterocycles. The summed E-state index contributed by atoms with van der Waals surface area (Å²) in [6, 6.07) is 7.89. The van der Waals surface area contributed by atoms with Gasteiger partial charge in [-0.1, -0.05) is 12.1 Å². The third-order valence-electron chi connectivity index (χ3n) is 3.94. The third kappa shape index (κ3) is 6.20. The summed E-state index contributed by atoms with van der Waals surface area (Å²) in [4.78, 5) is 24.6. The zero-order valence-corrected chi connectivity index (χ0v) is 14.1. The van der Waals surface area contributed by atoms with Crippen LogP contribution >= 0.6 is 0 Å². The van der Waals surface area contributed by atoms with Crippen molar-refractivity contribution in [1.82, 2.24) is 4.90 Å². The van der Waals surface area contributed by atoms with Gasteiger partial charge in [0, 0.05) is 19.5 Å². The molecule has 0 bridgehead atoms. The van der Waals surface area contributed by atoms with Gasteiger partial charge >= 0.3 is 5.97 Å². The topological polar surface area (TPSA) is 76.1 Å². The van der Waals surface area contributed by atoms with E-state index in [1.807, 2.05) is 31.2 Å². The van der Waals surface area contributed by atoms with Gasteiger partial charge in [0.2, 0.25) is 5.91 Å². The minimum atomic E-state index is -0.900. The van der Waals surface area contributed by atoms with Crippen LogP contribution in [0.15, 0.2) is 24.3 Å². The van der Waals surface area contributed by atoms with Crippen molar-refractivity contribution in [2.75, 3.05) is 26.3 Å². The number of carbonyl (C=O) groups is 2. The number of aryl methyl sites for hydroxylation is 1. The first-order valence-corrected chi connectivity index (χ1v) is 8.35. The molecule has 0 spiro atoms. The van der Waals surface area contributed by atoms with Crippen LogP contribution in [0.2, 0.25) is 0 Å². The molecule has 1 heterocycles. The molecule has 1 N–H and O–H groups in total. The first-order valence-electron chi connectivity index (χ1n) is 8.35. The van der Waals surface area contributed by atoms with Crippen LogP contribution in [0.4, 0.5) is 0 Å². The average molecular weight is 335 g/mol. The first kappa shape index (κ1) is 18.3. The van der Waals surface area contributed by atoms with Gasteiger partial charge in [0.25, 0.3) is 0 Å². The van der Waals surface area contributed by atoms with Crippen LogP contribution in [-0.4, -0.2) is 54.3 Å². The Morgan fingerprint density at radius 2 is 2.21 bits per heavy atom. The minimum absolute atomic E-state index is 0.0595. The Morgan fingerprint density at radius 1 is 1.38 bits per heavy atom. The van der Waals surface area contributed by atoms with Gasteiger partial charge in [-0.3, -0.25) is 9.59 Å². The molecule has 6 heteroatoms. The molecule has 0 saturated carbocycles. The van der Waals surface area contributed by atoms with Crippen molar-refractivity contribution >= 4 is 11.9 Å². The fraction of sp³-hybridized carbons (Fsp3) is 0.556. The van der Waals surface area contributed by atoms with E-state index in [4.69, 9.17) is 14.6 Å². The highest BCUT2D eigenvalue weighted by Crippen LogP contribution is 2.14. The van der Waals surface area contributed by atoms with Gasteiger partial charge in [-0.25, -0.2) is 0 Å². The summed E-state index contributed by atoms with van der Waals surface area (Å²) in [7, 11) is 0. The molecule has 1 saturated heterocycles. The maximum absolute atomic E-state index is 12.2. The fourth-order valence-electron chi connectivity index (χ4n) is 2.70. The second-order valence-electron chi connectivity index (χ2n) is 6.05. The number of morpholine rings is 1. The number of hydrogen-bond acceptors (Lipinski definition) is 4. The van der Waals surface area contributed by atoms with Gasteiger partial charge in [0.05, 0.1) is 25.7 Å². The fourth-order valence-corrected chi connectivity index (χ4v) is 2.70. The highest BCUT2D eigenvalue weighted by molar-refractivity contribution is 5.76. The Balaban J connectivity index is 1.63. The van der Waals surface area contributed by atoms with E-state index < -0.39 is 12.1 Å². The number of benzene rings is 1. The summed E-state index contributed by atoms with van der Waals surface area (Å²) in [5.74, 6) is 0.0119. The Kier molecular flexibility index (Phi) is 7.06. The van der Waals surface area contributed by atoms with Gasteiger partial charge in [0.1, 0.15) is 5.75 Å². The van der Waals surface area contributed by atoms with Gasteiger partial charge in [0.15, 0.2) is 0 Å². The molecule has 1 atom stereocenters.